The third-order valence-electron chi connectivity index (χ3n) is 5.42. The van der Waals surface area contributed by atoms with Gasteiger partial charge in [0.15, 0.2) is 5.69 Å². The van der Waals surface area contributed by atoms with Crippen LogP contribution in [0.25, 0.3) is 28.2 Å². The third kappa shape index (κ3) is 5.05. The molecule has 11 heteroatoms. The van der Waals surface area contributed by atoms with Gasteiger partial charge in [0.1, 0.15) is 11.4 Å². The lowest BCUT2D eigenvalue weighted by molar-refractivity contribution is 0.0950. The Morgan fingerprint density at radius 1 is 1.00 bits per heavy atom. The van der Waals surface area contributed by atoms with Crippen LogP contribution in [0.4, 0.5) is 5.82 Å². The number of nitrogens with zero attached hydrogens (tertiary/aromatic N) is 6. The van der Waals surface area contributed by atoms with E-state index in [1.807, 2.05) is 61.5 Å². The first-order valence-electron chi connectivity index (χ1n) is 11.4. The van der Waals surface area contributed by atoms with Crippen LogP contribution in [0.3, 0.4) is 0 Å². The molecule has 3 N–H and O–H groups in total. The first-order valence-corrected chi connectivity index (χ1v) is 11.4. The minimum absolute atomic E-state index is 0.000940. The standard InChI is InChI=1S/C26H22N8O3/c1-2-36-21-14-12-20(13-15-21)23-22(29-33-34(23)25-24(27)31-37-32-25)26(35)30-28-16-17-8-10-19(11-9-17)18-6-4-3-5-7-18/h3-16H,2H2,1H3,(H2,27,31)(H,30,35). The van der Waals surface area contributed by atoms with Crippen molar-refractivity contribution in [1.29, 1.82) is 0 Å². The maximum Gasteiger partial charge on any atom is 0.294 e. The zero-order valence-electron chi connectivity index (χ0n) is 19.8. The largest absolute Gasteiger partial charge is 0.494 e. The molecule has 2 aromatic heterocycles. The summed E-state index contributed by atoms with van der Waals surface area (Å²) in [6, 6.07) is 25.0. The number of hydrogen-bond acceptors (Lipinski definition) is 9. The van der Waals surface area contributed by atoms with Crippen molar-refractivity contribution < 1.29 is 14.2 Å². The molecule has 0 bridgehead atoms. The lowest BCUT2D eigenvalue weighted by Crippen LogP contribution is -2.19. The molecule has 0 atom stereocenters. The fraction of sp³-hybridized carbons (Fsp3) is 0.0769. The Hall–Kier alpha value is -5.32. The van der Waals surface area contributed by atoms with Gasteiger partial charge >= 0.3 is 0 Å². The molecule has 3 aromatic carbocycles. The molecule has 5 aromatic rings. The predicted octanol–water partition coefficient (Wildman–Crippen LogP) is 3.73. The number of nitrogens with one attached hydrogen (secondary N) is 1. The Kier molecular flexibility index (Phi) is 6.66. The van der Waals surface area contributed by atoms with Crippen molar-refractivity contribution in [2.45, 2.75) is 6.92 Å². The molecule has 184 valence electrons. The number of benzene rings is 3. The number of nitrogen functional groups attached to an aromatic ring is 1. The van der Waals surface area contributed by atoms with E-state index in [4.69, 9.17) is 15.1 Å². The van der Waals surface area contributed by atoms with Crippen LogP contribution in [-0.4, -0.2) is 44.0 Å². The van der Waals surface area contributed by atoms with Crippen LogP contribution in [-0.2, 0) is 0 Å². The minimum atomic E-state index is -0.567. The molecule has 0 saturated carbocycles. The first kappa shape index (κ1) is 23.4. The highest BCUT2D eigenvalue weighted by atomic mass is 16.6. The molecule has 11 nitrogen and oxygen atoms in total. The van der Waals surface area contributed by atoms with Crippen LogP contribution in [0.5, 0.6) is 5.75 Å². The topological polar surface area (TPSA) is 146 Å². The highest BCUT2D eigenvalue weighted by Gasteiger charge is 2.25. The van der Waals surface area contributed by atoms with Gasteiger partial charge in [0, 0.05) is 5.56 Å². The van der Waals surface area contributed by atoms with E-state index in [2.05, 4.69) is 31.2 Å². The number of anilines is 1. The van der Waals surface area contributed by atoms with E-state index in [1.165, 1.54) is 4.68 Å². The second-order valence-corrected chi connectivity index (χ2v) is 7.82. The Morgan fingerprint density at radius 3 is 2.38 bits per heavy atom. The summed E-state index contributed by atoms with van der Waals surface area (Å²) in [6.07, 6.45) is 1.55. The van der Waals surface area contributed by atoms with Crippen LogP contribution in [0.2, 0.25) is 0 Å². The molecule has 0 aliphatic heterocycles. The van der Waals surface area contributed by atoms with Crippen molar-refractivity contribution in [3.8, 4) is 34.0 Å². The fourth-order valence-electron chi connectivity index (χ4n) is 3.67. The maximum absolute atomic E-state index is 13.0. The number of carbonyl (C=O) groups excluding carboxylic acids is 1. The zero-order chi connectivity index (χ0) is 25.6. The SMILES string of the molecule is CCOc1ccc(-c2c(C(=O)NN=Cc3ccc(-c4ccccc4)cc3)nnn2-c2nonc2N)cc1. The Balaban J connectivity index is 1.38. The summed E-state index contributed by atoms with van der Waals surface area (Å²) in [5, 5.41) is 19.6. The van der Waals surface area contributed by atoms with Gasteiger partial charge < -0.3 is 10.5 Å². The number of rotatable bonds is 8. The molecule has 0 saturated heterocycles. The number of aromatic nitrogens is 5. The van der Waals surface area contributed by atoms with E-state index < -0.39 is 5.91 Å². The van der Waals surface area contributed by atoms with Crippen molar-refractivity contribution in [1.82, 2.24) is 30.7 Å². The molecule has 0 aliphatic rings. The molecule has 1 amide bonds. The van der Waals surface area contributed by atoms with Crippen LogP contribution < -0.4 is 15.9 Å². The van der Waals surface area contributed by atoms with Gasteiger partial charge in [0.2, 0.25) is 11.6 Å². The molecular weight excluding hydrogens is 472 g/mol. The lowest BCUT2D eigenvalue weighted by Gasteiger charge is -2.07. The van der Waals surface area contributed by atoms with Gasteiger partial charge in [-0.1, -0.05) is 59.8 Å². The summed E-state index contributed by atoms with van der Waals surface area (Å²) in [4.78, 5) is 13.0. The van der Waals surface area contributed by atoms with Crippen LogP contribution in [0.1, 0.15) is 23.0 Å². The number of ether oxygens (including phenoxy) is 1. The predicted molar refractivity (Wildman–Crippen MR) is 137 cm³/mol. The minimum Gasteiger partial charge on any atom is -0.494 e. The van der Waals surface area contributed by atoms with Crippen LogP contribution in [0, 0.1) is 0 Å². The molecule has 0 aliphatic carbocycles. The second kappa shape index (κ2) is 10.5. The Bertz CT molecular complexity index is 1520. The quantitative estimate of drug-likeness (QED) is 0.245. The summed E-state index contributed by atoms with van der Waals surface area (Å²) in [6.45, 7) is 2.43. The molecule has 0 radical (unpaired) electrons. The third-order valence-corrected chi connectivity index (χ3v) is 5.42. The van der Waals surface area contributed by atoms with Gasteiger partial charge in [-0.05, 0) is 58.2 Å². The first-order chi connectivity index (χ1) is 18.1. The summed E-state index contributed by atoms with van der Waals surface area (Å²) >= 11 is 0. The van der Waals surface area contributed by atoms with E-state index in [-0.39, 0.29) is 17.3 Å². The highest BCUT2D eigenvalue weighted by molar-refractivity contribution is 5.98. The van der Waals surface area contributed by atoms with E-state index in [1.54, 1.807) is 30.5 Å². The van der Waals surface area contributed by atoms with Crippen molar-refractivity contribution in [3.05, 3.63) is 90.1 Å². The Labute approximate surface area is 211 Å². The number of carbonyl (C=O) groups is 1. The number of hydrazone groups is 1. The van der Waals surface area contributed by atoms with Gasteiger partial charge in [-0.3, -0.25) is 4.79 Å². The van der Waals surface area contributed by atoms with Gasteiger partial charge in [-0.2, -0.15) is 9.78 Å². The van der Waals surface area contributed by atoms with Gasteiger partial charge in [-0.25, -0.2) is 10.1 Å². The summed E-state index contributed by atoms with van der Waals surface area (Å²) in [5.41, 5.74) is 12.4. The van der Waals surface area contributed by atoms with E-state index in [9.17, 15) is 4.79 Å². The molecule has 0 fully saturated rings. The maximum atomic E-state index is 13.0. The smallest absolute Gasteiger partial charge is 0.294 e. The van der Waals surface area contributed by atoms with E-state index in [0.29, 0.717) is 23.6 Å². The number of amides is 1. The molecule has 0 spiro atoms. The molecule has 37 heavy (non-hydrogen) atoms. The van der Waals surface area contributed by atoms with Crippen molar-refractivity contribution in [2.75, 3.05) is 12.3 Å². The van der Waals surface area contributed by atoms with E-state index >= 15 is 0 Å². The van der Waals surface area contributed by atoms with Gasteiger partial charge in [0.25, 0.3) is 5.91 Å². The second-order valence-electron chi connectivity index (χ2n) is 7.82. The molecule has 2 heterocycles. The Morgan fingerprint density at radius 2 is 1.70 bits per heavy atom. The molecule has 0 unspecified atom stereocenters. The molecule has 5 rings (SSSR count). The normalized spacial score (nSPS) is 11.1. The van der Waals surface area contributed by atoms with Crippen molar-refractivity contribution >= 4 is 17.9 Å². The summed E-state index contributed by atoms with van der Waals surface area (Å²) in [5.74, 6) is 0.225. The number of nitrogens with two attached hydrogens (primary N) is 1. The lowest BCUT2D eigenvalue weighted by atomic mass is 10.0. The summed E-state index contributed by atoms with van der Waals surface area (Å²) < 4.78 is 11.5. The molecular formula is C26H22N8O3. The van der Waals surface area contributed by atoms with E-state index in [0.717, 1.165) is 16.7 Å². The highest BCUT2D eigenvalue weighted by Crippen LogP contribution is 2.28. The van der Waals surface area contributed by atoms with Gasteiger partial charge in [-0.15, -0.1) is 5.10 Å². The van der Waals surface area contributed by atoms with Crippen LogP contribution >= 0.6 is 0 Å². The fourth-order valence-corrected chi connectivity index (χ4v) is 3.67. The van der Waals surface area contributed by atoms with Crippen molar-refractivity contribution in [2.24, 2.45) is 5.10 Å². The zero-order valence-corrected chi connectivity index (χ0v) is 19.8. The van der Waals surface area contributed by atoms with Crippen LogP contribution in [0.15, 0.2) is 88.6 Å². The average molecular weight is 495 g/mol. The monoisotopic (exact) mass is 494 g/mol. The summed E-state index contributed by atoms with van der Waals surface area (Å²) in [7, 11) is 0. The van der Waals surface area contributed by atoms with Gasteiger partial charge in [0.05, 0.1) is 12.8 Å². The van der Waals surface area contributed by atoms with Crippen molar-refractivity contribution in [3.63, 3.8) is 0 Å². The number of hydrogen-bond donors (Lipinski definition) is 2. The average Bonchev–Trinajstić information content (AvgIpc) is 3.56.